The van der Waals surface area contributed by atoms with E-state index in [4.69, 9.17) is 5.11 Å². The van der Waals surface area contributed by atoms with E-state index in [0.717, 1.165) is 12.1 Å². The molecule has 1 aromatic carbocycles. The number of halogens is 1. The van der Waals surface area contributed by atoms with Crippen molar-refractivity contribution < 1.29 is 19.2 Å². The molecule has 0 fully saturated rings. The molecule has 0 atom stereocenters. The van der Waals surface area contributed by atoms with Gasteiger partial charge in [-0.15, -0.1) is 0 Å². The SMILES string of the molecule is C/C(=C/c1ccc(F)c([N+](=O)[O-])c1)C(=O)O. The van der Waals surface area contributed by atoms with Gasteiger partial charge in [-0.05, 0) is 24.6 Å². The first-order valence-electron chi connectivity index (χ1n) is 4.27. The number of nitrogens with zero attached hydrogens (tertiary/aromatic N) is 1. The van der Waals surface area contributed by atoms with Crippen molar-refractivity contribution in [2.24, 2.45) is 0 Å². The first kappa shape index (κ1) is 11.8. The summed E-state index contributed by atoms with van der Waals surface area (Å²) >= 11 is 0. The maximum absolute atomic E-state index is 12.9. The number of nitro groups is 1. The maximum Gasteiger partial charge on any atom is 0.331 e. The number of carboxylic acids is 1. The Morgan fingerprint density at radius 1 is 1.56 bits per heavy atom. The van der Waals surface area contributed by atoms with Gasteiger partial charge in [0.25, 0.3) is 0 Å². The van der Waals surface area contributed by atoms with E-state index >= 15 is 0 Å². The Morgan fingerprint density at radius 2 is 2.19 bits per heavy atom. The molecule has 0 radical (unpaired) electrons. The number of rotatable bonds is 3. The zero-order chi connectivity index (χ0) is 12.3. The Hall–Kier alpha value is -2.24. The molecule has 0 aliphatic carbocycles. The summed E-state index contributed by atoms with van der Waals surface area (Å²) in [4.78, 5) is 20.1. The van der Waals surface area contributed by atoms with Crippen LogP contribution in [0.2, 0.25) is 0 Å². The smallest absolute Gasteiger partial charge is 0.331 e. The molecule has 0 heterocycles. The minimum absolute atomic E-state index is 0.0147. The molecule has 0 aromatic heterocycles. The van der Waals surface area contributed by atoms with E-state index in [-0.39, 0.29) is 11.1 Å². The molecule has 6 heteroatoms. The summed E-state index contributed by atoms with van der Waals surface area (Å²) in [7, 11) is 0. The standard InChI is InChI=1S/C10H8FNO4/c1-6(10(13)14)4-7-2-3-8(11)9(5-7)12(15)16/h2-5H,1H3,(H,13,14)/b6-4-. The third-order valence-corrected chi connectivity index (χ3v) is 1.89. The van der Waals surface area contributed by atoms with E-state index in [1.54, 1.807) is 0 Å². The third-order valence-electron chi connectivity index (χ3n) is 1.89. The van der Waals surface area contributed by atoms with E-state index in [0.29, 0.717) is 0 Å². The Morgan fingerprint density at radius 3 is 2.69 bits per heavy atom. The Bertz CT molecular complexity index is 482. The summed E-state index contributed by atoms with van der Waals surface area (Å²) < 4.78 is 12.9. The van der Waals surface area contributed by atoms with E-state index in [1.807, 2.05) is 0 Å². The van der Waals surface area contributed by atoms with Gasteiger partial charge in [-0.1, -0.05) is 6.07 Å². The zero-order valence-corrected chi connectivity index (χ0v) is 8.31. The number of hydrogen-bond acceptors (Lipinski definition) is 3. The van der Waals surface area contributed by atoms with Crippen molar-refractivity contribution in [1.29, 1.82) is 0 Å². The van der Waals surface area contributed by atoms with Crippen LogP contribution >= 0.6 is 0 Å². The molecule has 0 unspecified atom stereocenters. The van der Waals surface area contributed by atoms with Gasteiger partial charge in [0.2, 0.25) is 5.82 Å². The van der Waals surface area contributed by atoms with Gasteiger partial charge >= 0.3 is 11.7 Å². The first-order valence-corrected chi connectivity index (χ1v) is 4.27. The molecule has 0 saturated heterocycles. The third kappa shape index (κ3) is 2.63. The van der Waals surface area contributed by atoms with E-state index in [2.05, 4.69) is 0 Å². The van der Waals surface area contributed by atoms with E-state index in [1.165, 1.54) is 19.1 Å². The predicted molar refractivity (Wildman–Crippen MR) is 54.3 cm³/mol. The van der Waals surface area contributed by atoms with E-state index < -0.39 is 22.4 Å². The maximum atomic E-state index is 12.9. The fourth-order valence-electron chi connectivity index (χ4n) is 1.07. The lowest BCUT2D eigenvalue weighted by atomic mass is 10.1. The van der Waals surface area contributed by atoms with Crippen molar-refractivity contribution in [2.75, 3.05) is 0 Å². The van der Waals surface area contributed by atoms with Crippen molar-refractivity contribution in [3.8, 4) is 0 Å². The van der Waals surface area contributed by atoms with Gasteiger partial charge in [0.1, 0.15) is 0 Å². The number of benzene rings is 1. The second-order valence-corrected chi connectivity index (χ2v) is 3.10. The number of carbonyl (C=O) groups is 1. The molecule has 0 aliphatic heterocycles. The van der Waals surface area contributed by atoms with Gasteiger partial charge in [-0.3, -0.25) is 10.1 Å². The monoisotopic (exact) mass is 225 g/mol. The molecular formula is C10H8FNO4. The first-order chi connectivity index (χ1) is 7.41. The van der Waals surface area contributed by atoms with Crippen LogP contribution in [0.25, 0.3) is 6.08 Å². The lowest BCUT2D eigenvalue weighted by Crippen LogP contribution is -1.96. The van der Waals surface area contributed by atoms with Crippen LogP contribution in [0.3, 0.4) is 0 Å². The highest BCUT2D eigenvalue weighted by Gasteiger charge is 2.13. The van der Waals surface area contributed by atoms with Gasteiger partial charge in [0.15, 0.2) is 0 Å². The summed E-state index contributed by atoms with van der Waals surface area (Å²) in [5.74, 6) is -2.08. The van der Waals surface area contributed by atoms with Gasteiger partial charge in [-0.25, -0.2) is 4.79 Å². The lowest BCUT2D eigenvalue weighted by Gasteiger charge is -1.97. The summed E-state index contributed by atoms with van der Waals surface area (Å²) in [5.41, 5.74) is -0.388. The average molecular weight is 225 g/mol. The van der Waals surface area contributed by atoms with Crippen molar-refractivity contribution >= 4 is 17.7 Å². The minimum Gasteiger partial charge on any atom is -0.478 e. The molecular weight excluding hydrogens is 217 g/mol. The van der Waals surface area contributed by atoms with Gasteiger partial charge in [0, 0.05) is 11.6 Å². The van der Waals surface area contributed by atoms with Crippen molar-refractivity contribution in [1.82, 2.24) is 0 Å². The summed E-state index contributed by atoms with van der Waals surface area (Å²) in [6, 6.07) is 3.19. The summed E-state index contributed by atoms with van der Waals surface area (Å²) in [6.45, 7) is 1.34. The van der Waals surface area contributed by atoms with Crippen LogP contribution in [-0.4, -0.2) is 16.0 Å². The minimum atomic E-state index is -1.13. The molecule has 0 saturated carbocycles. The molecule has 1 aromatic rings. The average Bonchev–Trinajstić information content (AvgIpc) is 2.20. The largest absolute Gasteiger partial charge is 0.478 e. The Balaban J connectivity index is 3.18. The molecule has 0 amide bonds. The second kappa shape index (κ2) is 4.52. The van der Waals surface area contributed by atoms with Crippen molar-refractivity contribution in [3.63, 3.8) is 0 Å². The van der Waals surface area contributed by atoms with Crippen LogP contribution in [0.1, 0.15) is 12.5 Å². The van der Waals surface area contributed by atoms with Crippen LogP contribution in [0.4, 0.5) is 10.1 Å². The molecule has 0 aliphatic rings. The number of hydrogen-bond donors (Lipinski definition) is 1. The highest BCUT2D eigenvalue weighted by molar-refractivity contribution is 5.91. The number of carboxylic acid groups (broad SMARTS) is 1. The van der Waals surface area contributed by atoms with Crippen molar-refractivity contribution in [2.45, 2.75) is 6.92 Å². The molecule has 1 rings (SSSR count). The van der Waals surface area contributed by atoms with E-state index in [9.17, 15) is 19.3 Å². The van der Waals surface area contributed by atoms with Crippen LogP contribution < -0.4 is 0 Å². The van der Waals surface area contributed by atoms with Gasteiger partial charge in [0.05, 0.1) is 4.92 Å². The quantitative estimate of drug-likeness (QED) is 0.485. The summed E-state index contributed by atoms with van der Waals surface area (Å²) in [5, 5.41) is 19.0. The highest BCUT2D eigenvalue weighted by atomic mass is 19.1. The van der Waals surface area contributed by atoms with Crippen LogP contribution in [-0.2, 0) is 4.79 Å². The molecule has 0 spiro atoms. The normalized spacial score (nSPS) is 11.2. The predicted octanol–water partition coefficient (Wildman–Crippen LogP) is 2.22. The molecule has 1 N–H and O–H groups in total. The Labute approximate surface area is 90.0 Å². The Kier molecular flexibility index (Phi) is 3.34. The second-order valence-electron chi connectivity index (χ2n) is 3.10. The molecule has 5 nitrogen and oxygen atoms in total. The lowest BCUT2D eigenvalue weighted by molar-refractivity contribution is -0.387. The molecule has 0 bridgehead atoms. The fourth-order valence-corrected chi connectivity index (χ4v) is 1.07. The topological polar surface area (TPSA) is 80.4 Å². The van der Waals surface area contributed by atoms with Crippen LogP contribution in [0.15, 0.2) is 23.8 Å². The van der Waals surface area contributed by atoms with Gasteiger partial charge in [-0.2, -0.15) is 4.39 Å². The van der Waals surface area contributed by atoms with Gasteiger partial charge < -0.3 is 5.11 Å². The molecule has 84 valence electrons. The number of nitro benzene ring substituents is 1. The van der Waals surface area contributed by atoms with Crippen molar-refractivity contribution in [3.05, 3.63) is 45.3 Å². The fraction of sp³-hybridized carbons (Fsp3) is 0.100. The highest BCUT2D eigenvalue weighted by Crippen LogP contribution is 2.20. The van der Waals surface area contributed by atoms with Crippen LogP contribution in [0.5, 0.6) is 0 Å². The summed E-state index contributed by atoms with van der Waals surface area (Å²) in [6.07, 6.45) is 1.23. The molecule has 16 heavy (non-hydrogen) atoms. The number of aliphatic carboxylic acids is 1. The van der Waals surface area contributed by atoms with Crippen LogP contribution in [0, 0.1) is 15.9 Å². The zero-order valence-electron chi connectivity index (χ0n) is 8.31.